The molecule has 1 aromatic carbocycles. The van der Waals surface area contributed by atoms with E-state index in [1.165, 1.54) is 31.2 Å². The van der Waals surface area contributed by atoms with Gasteiger partial charge in [-0.15, -0.1) is 0 Å². The molecule has 20 heavy (non-hydrogen) atoms. The van der Waals surface area contributed by atoms with Gasteiger partial charge in [-0.2, -0.15) is 0 Å². The van der Waals surface area contributed by atoms with Crippen LogP contribution in [0.3, 0.4) is 0 Å². The SMILES string of the molecule is NCC1(c2ccc3c(c2)OCO3)CC2(CCOCC2)C1. The van der Waals surface area contributed by atoms with Gasteiger partial charge >= 0.3 is 0 Å². The van der Waals surface area contributed by atoms with E-state index < -0.39 is 0 Å². The van der Waals surface area contributed by atoms with Gasteiger partial charge in [0.2, 0.25) is 6.79 Å². The van der Waals surface area contributed by atoms with Gasteiger partial charge in [0.05, 0.1) is 0 Å². The molecule has 108 valence electrons. The highest BCUT2D eigenvalue weighted by Gasteiger charge is 2.54. The molecular formula is C16H21NO3. The lowest BCUT2D eigenvalue weighted by Gasteiger charge is -2.58. The van der Waals surface area contributed by atoms with Crippen LogP contribution in [0.15, 0.2) is 18.2 Å². The zero-order valence-corrected chi connectivity index (χ0v) is 11.7. The molecule has 1 saturated heterocycles. The van der Waals surface area contributed by atoms with E-state index in [0.29, 0.717) is 18.8 Å². The van der Waals surface area contributed by atoms with Crippen LogP contribution in [0.2, 0.25) is 0 Å². The predicted molar refractivity (Wildman–Crippen MR) is 75.0 cm³/mol. The van der Waals surface area contributed by atoms with Crippen molar-refractivity contribution in [1.29, 1.82) is 0 Å². The Kier molecular flexibility index (Phi) is 2.72. The Morgan fingerprint density at radius 2 is 1.80 bits per heavy atom. The summed E-state index contributed by atoms with van der Waals surface area (Å²) in [5.41, 5.74) is 8.03. The summed E-state index contributed by atoms with van der Waals surface area (Å²) in [6, 6.07) is 6.30. The molecule has 0 radical (unpaired) electrons. The topological polar surface area (TPSA) is 53.7 Å². The smallest absolute Gasteiger partial charge is 0.231 e. The summed E-state index contributed by atoms with van der Waals surface area (Å²) in [5, 5.41) is 0. The van der Waals surface area contributed by atoms with E-state index in [0.717, 1.165) is 24.7 Å². The largest absolute Gasteiger partial charge is 0.454 e. The monoisotopic (exact) mass is 275 g/mol. The molecule has 2 fully saturated rings. The van der Waals surface area contributed by atoms with Crippen LogP contribution in [-0.4, -0.2) is 26.6 Å². The van der Waals surface area contributed by atoms with Crippen molar-refractivity contribution < 1.29 is 14.2 Å². The van der Waals surface area contributed by atoms with Gasteiger partial charge in [-0.25, -0.2) is 0 Å². The Morgan fingerprint density at radius 3 is 2.55 bits per heavy atom. The molecule has 0 aromatic heterocycles. The standard InChI is InChI=1S/C16H21NO3/c17-10-16(8-15(9-16)3-5-18-6-4-15)12-1-2-13-14(7-12)20-11-19-13/h1-2,7H,3-6,8-11,17H2. The molecule has 4 heteroatoms. The van der Waals surface area contributed by atoms with E-state index in [2.05, 4.69) is 12.1 Å². The van der Waals surface area contributed by atoms with Gasteiger partial charge in [-0.05, 0) is 48.8 Å². The summed E-state index contributed by atoms with van der Waals surface area (Å²) in [7, 11) is 0. The van der Waals surface area contributed by atoms with E-state index in [-0.39, 0.29) is 5.41 Å². The Bertz CT molecular complexity index is 514. The first-order valence-corrected chi connectivity index (χ1v) is 7.43. The second-order valence-corrected chi connectivity index (χ2v) is 6.52. The van der Waals surface area contributed by atoms with Gasteiger partial charge < -0.3 is 19.9 Å². The highest BCUT2D eigenvalue weighted by molar-refractivity contribution is 5.47. The van der Waals surface area contributed by atoms with E-state index in [1.54, 1.807) is 0 Å². The Labute approximate surface area is 119 Å². The fourth-order valence-electron chi connectivity index (χ4n) is 4.23. The fourth-order valence-corrected chi connectivity index (χ4v) is 4.23. The number of benzene rings is 1. The number of nitrogens with two attached hydrogens (primary N) is 1. The third kappa shape index (κ3) is 1.75. The third-order valence-electron chi connectivity index (χ3n) is 5.36. The predicted octanol–water partition coefficient (Wildman–Crippen LogP) is 2.20. The highest BCUT2D eigenvalue weighted by atomic mass is 16.7. The molecule has 2 N–H and O–H groups in total. The molecule has 4 nitrogen and oxygen atoms in total. The van der Waals surface area contributed by atoms with E-state index in [4.69, 9.17) is 19.9 Å². The molecule has 0 amide bonds. The van der Waals surface area contributed by atoms with Crippen molar-refractivity contribution in [2.24, 2.45) is 11.1 Å². The first-order chi connectivity index (χ1) is 9.75. The summed E-state index contributed by atoms with van der Waals surface area (Å²) in [6.07, 6.45) is 4.72. The van der Waals surface area contributed by atoms with Crippen LogP contribution >= 0.6 is 0 Å². The lowest BCUT2D eigenvalue weighted by atomic mass is 9.48. The zero-order valence-electron chi connectivity index (χ0n) is 11.7. The van der Waals surface area contributed by atoms with Crippen molar-refractivity contribution in [2.75, 3.05) is 26.6 Å². The van der Waals surface area contributed by atoms with Crippen LogP contribution < -0.4 is 15.2 Å². The first kappa shape index (κ1) is 12.5. The van der Waals surface area contributed by atoms with Gasteiger partial charge in [0.15, 0.2) is 11.5 Å². The van der Waals surface area contributed by atoms with E-state index in [9.17, 15) is 0 Å². The van der Waals surface area contributed by atoms with Gasteiger partial charge in [0, 0.05) is 25.2 Å². The number of ether oxygens (including phenoxy) is 3. The summed E-state index contributed by atoms with van der Waals surface area (Å²) in [6.45, 7) is 2.84. The minimum absolute atomic E-state index is 0.123. The lowest BCUT2D eigenvalue weighted by molar-refractivity contribution is -0.0714. The molecule has 1 aromatic rings. The quantitative estimate of drug-likeness (QED) is 0.899. The van der Waals surface area contributed by atoms with Crippen molar-refractivity contribution in [3.05, 3.63) is 23.8 Å². The van der Waals surface area contributed by atoms with Crippen LogP contribution in [0.5, 0.6) is 11.5 Å². The average Bonchev–Trinajstić information content (AvgIpc) is 2.92. The molecule has 0 unspecified atom stereocenters. The lowest BCUT2D eigenvalue weighted by Crippen LogP contribution is -2.55. The van der Waals surface area contributed by atoms with Crippen LogP contribution in [0.4, 0.5) is 0 Å². The molecule has 1 aliphatic carbocycles. The summed E-state index contributed by atoms with van der Waals surface area (Å²) in [4.78, 5) is 0. The molecule has 2 heterocycles. The van der Waals surface area contributed by atoms with Crippen molar-refractivity contribution in [2.45, 2.75) is 31.1 Å². The molecule has 1 spiro atoms. The summed E-state index contributed by atoms with van der Waals surface area (Å²) in [5.74, 6) is 1.71. The molecule has 0 bridgehead atoms. The van der Waals surface area contributed by atoms with Crippen LogP contribution in [0.1, 0.15) is 31.2 Å². The molecule has 3 aliphatic rings. The number of hydrogen-bond donors (Lipinski definition) is 1. The second-order valence-electron chi connectivity index (χ2n) is 6.52. The molecule has 2 aliphatic heterocycles. The Balaban J connectivity index is 1.60. The number of hydrogen-bond acceptors (Lipinski definition) is 4. The van der Waals surface area contributed by atoms with Gasteiger partial charge in [0.25, 0.3) is 0 Å². The van der Waals surface area contributed by atoms with Gasteiger partial charge in [-0.3, -0.25) is 0 Å². The highest BCUT2D eigenvalue weighted by Crippen LogP contribution is 2.60. The maximum absolute atomic E-state index is 6.13. The number of fused-ring (bicyclic) bond motifs is 1. The maximum atomic E-state index is 6.13. The average molecular weight is 275 g/mol. The van der Waals surface area contributed by atoms with Crippen LogP contribution in [0, 0.1) is 5.41 Å². The third-order valence-corrected chi connectivity index (χ3v) is 5.36. The van der Waals surface area contributed by atoms with Gasteiger partial charge in [0.1, 0.15) is 0 Å². The van der Waals surface area contributed by atoms with Crippen LogP contribution in [0.25, 0.3) is 0 Å². The van der Waals surface area contributed by atoms with Crippen molar-refractivity contribution in [1.82, 2.24) is 0 Å². The first-order valence-electron chi connectivity index (χ1n) is 7.43. The van der Waals surface area contributed by atoms with Crippen LogP contribution in [-0.2, 0) is 10.2 Å². The fraction of sp³-hybridized carbons (Fsp3) is 0.625. The van der Waals surface area contributed by atoms with Crippen molar-refractivity contribution in [3.8, 4) is 11.5 Å². The zero-order chi connectivity index (χ0) is 13.6. The Hall–Kier alpha value is -1.26. The van der Waals surface area contributed by atoms with Crippen molar-refractivity contribution in [3.63, 3.8) is 0 Å². The summed E-state index contributed by atoms with van der Waals surface area (Å²) >= 11 is 0. The van der Waals surface area contributed by atoms with Crippen molar-refractivity contribution >= 4 is 0 Å². The second kappa shape index (κ2) is 4.37. The number of rotatable bonds is 2. The minimum atomic E-state index is 0.123. The maximum Gasteiger partial charge on any atom is 0.231 e. The molecule has 4 rings (SSSR count). The van der Waals surface area contributed by atoms with Gasteiger partial charge in [-0.1, -0.05) is 6.07 Å². The normalized spacial score (nSPS) is 25.4. The molecule has 0 atom stereocenters. The Morgan fingerprint density at radius 1 is 1.05 bits per heavy atom. The molecule has 1 saturated carbocycles. The van der Waals surface area contributed by atoms with E-state index >= 15 is 0 Å². The summed E-state index contributed by atoms with van der Waals surface area (Å²) < 4.78 is 16.4. The minimum Gasteiger partial charge on any atom is -0.454 e. The molecular weight excluding hydrogens is 254 g/mol. The van der Waals surface area contributed by atoms with E-state index in [1.807, 2.05) is 6.07 Å².